The van der Waals surface area contributed by atoms with Crippen LogP contribution in [0, 0.1) is 6.92 Å². The SMILES string of the molecule is Cc1ccc2cn3ccnc3nc2c1-c1cccc[n+]1C. The highest BCUT2D eigenvalue weighted by molar-refractivity contribution is 5.94. The van der Waals surface area contributed by atoms with Gasteiger partial charge in [0, 0.05) is 36.1 Å². The Labute approximate surface area is 122 Å². The average Bonchev–Trinajstić information content (AvgIpc) is 2.94. The molecule has 0 saturated carbocycles. The van der Waals surface area contributed by atoms with Crippen LogP contribution in [-0.4, -0.2) is 14.4 Å². The van der Waals surface area contributed by atoms with Crippen LogP contribution >= 0.6 is 0 Å². The molecular weight excluding hydrogens is 260 g/mol. The van der Waals surface area contributed by atoms with Gasteiger partial charge in [-0.15, -0.1) is 0 Å². The van der Waals surface area contributed by atoms with Crippen molar-refractivity contribution >= 4 is 16.7 Å². The lowest BCUT2D eigenvalue weighted by atomic mass is 10.0. The van der Waals surface area contributed by atoms with Crippen LogP contribution in [0.5, 0.6) is 0 Å². The Morgan fingerprint density at radius 3 is 2.90 bits per heavy atom. The van der Waals surface area contributed by atoms with E-state index in [1.54, 1.807) is 6.20 Å². The third kappa shape index (κ3) is 1.80. The Kier molecular flexibility index (Phi) is 2.51. The number of benzene rings is 1. The molecule has 0 aliphatic rings. The molecule has 0 bridgehead atoms. The Balaban J connectivity index is 2.16. The van der Waals surface area contributed by atoms with E-state index in [-0.39, 0.29) is 0 Å². The first kappa shape index (κ1) is 12.0. The molecule has 0 unspecified atom stereocenters. The number of hydrogen-bond acceptors (Lipinski definition) is 2. The molecule has 0 spiro atoms. The summed E-state index contributed by atoms with van der Waals surface area (Å²) >= 11 is 0. The van der Waals surface area contributed by atoms with Gasteiger partial charge >= 0.3 is 0 Å². The molecule has 1 aromatic carbocycles. The smallest absolute Gasteiger partial charge is 0.234 e. The van der Waals surface area contributed by atoms with Crippen molar-refractivity contribution in [3.63, 3.8) is 0 Å². The Morgan fingerprint density at radius 1 is 1.14 bits per heavy atom. The summed E-state index contributed by atoms with van der Waals surface area (Å²) in [5, 5.41) is 1.12. The molecule has 0 N–H and O–H groups in total. The van der Waals surface area contributed by atoms with Crippen LogP contribution in [0.15, 0.2) is 55.1 Å². The van der Waals surface area contributed by atoms with Crippen molar-refractivity contribution in [3.8, 4) is 11.3 Å². The fraction of sp³-hybridized carbons (Fsp3) is 0.118. The van der Waals surface area contributed by atoms with Crippen molar-refractivity contribution in [1.29, 1.82) is 0 Å². The number of aryl methyl sites for hydroxylation is 2. The number of pyridine rings is 1. The number of nitrogens with zero attached hydrogens (tertiary/aromatic N) is 4. The Hall–Kier alpha value is -2.75. The second kappa shape index (κ2) is 4.38. The number of rotatable bonds is 1. The van der Waals surface area contributed by atoms with Crippen LogP contribution in [0.3, 0.4) is 0 Å². The predicted octanol–water partition coefficient (Wildman–Crippen LogP) is 2.68. The van der Waals surface area contributed by atoms with Crippen molar-refractivity contribution in [1.82, 2.24) is 14.4 Å². The molecule has 0 radical (unpaired) electrons. The van der Waals surface area contributed by atoms with Gasteiger partial charge in [0.25, 0.3) is 0 Å². The van der Waals surface area contributed by atoms with Crippen molar-refractivity contribution in [2.75, 3.05) is 0 Å². The van der Waals surface area contributed by atoms with Crippen LogP contribution in [0.2, 0.25) is 0 Å². The molecule has 0 fully saturated rings. The molecule has 4 heteroatoms. The second-order valence-corrected chi connectivity index (χ2v) is 5.27. The summed E-state index contributed by atoms with van der Waals surface area (Å²) in [6.07, 6.45) is 7.83. The monoisotopic (exact) mass is 275 g/mol. The van der Waals surface area contributed by atoms with E-state index in [9.17, 15) is 0 Å². The lowest BCUT2D eigenvalue weighted by molar-refractivity contribution is -0.660. The standard InChI is InChI=1S/C17H15N4/c1-12-6-7-13-11-21-10-8-18-17(21)19-16(13)15(12)14-5-3-4-9-20(14)2/h3-11H,1-2H3/q+1. The van der Waals surface area contributed by atoms with E-state index >= 15 is 0 Å². The van der Waals surface area contributed by atoms with E-state index < -0.39 is 0 Å². The van der Waals surface area contributed by atoms with Crippen LogP contribution < -0.4 is 4.57 Å². The van der Waals surface area contributed by atoms with Crippen molar-refractivity contribution in [2.24, 2.45) is 7.05 Å². The highest BCUT2D eigenvalue weighted by Gasteiger charge is 2.17. The summed E-state index contributed by atoms with van der Waals surface area (Å²) in [6, 6.07) is 10.5. The lowest BCUT2D eigenvalue weighted by Crippen LogP contribution is -2.30. The van der Waals surface area contributed by atoms with E-state index in [0.717, 1.165) is 22.4 Å². The molecule has 21 heavy (non-hydrogen) atoms. The second-order valence-electron chi connectivity index (χ2n) is 5.27. The number of fused-ring (bicyclic) bond motifs is 2. The predicted molar refractivity (Wildman–Crippen MR) is 81.8 cm³/mol. The minimum atomic E-state index is 0.730. The molecule has 4 rings (SSSR count). The van der Waals surface area contributed by atoms with Gasteiger partial charge in [0.15, 0.2) is 6.20 Å². The van der Waals surface area contributed by atoms with Crippen molar-refractivity contribution < 1.29 is 4.57 Å². The van der Waals surface area contributed by atoms with E-state index in [0.29, 0.717) is 0 Å². The lowest BCUT2D eigenvalue weighted by Gasteiger charge is -2.08. The fourth-order valence-corrected chi connectivity index (χ4v) is 2.78. The average molecular weight is 275 g/mol. The summed E-state index contributed by atoms with van der Waals surface area (Å²) in [4.78, 5) is 9.06. The van der Waals surface area contributed by atoms with Gasteiger partial charge in [-0.05, 0) is 18.6 Å². The largest absolute Gasteiger partial charge is 0.291 e. The minimum Gasteiger partial charge on any atom is -0.291 e. The Morgan fingerprint density at radius 2 is 2.05 bits per heavy atom. The van der Waals surface area contributed by atoms with E-state index in [1.165, 1.54) is 11.1 Å². The molecule has 4 aromatic rings. The normalized spacial score (nSPS) is 11.3. The zero-order valence-electron chi connectivity index (χ0n) is 12.0. The summed E-state index contributed by atoms with van der Waals surface area (Å²) < 4.78 is 4.08. The molecule has 102 valence electrons. The maximum Gasteiger partial charge on any atom is 0.234 e. The first-order valence-electron chi connectivity index (χ1n) is 6.92. The number of imidazole rings is 1. The summed E-state index contributed by atoms with van der Waals surface area (Å²) in [5.41, 5.74) is 4.54. The van der Waals surface area contributed by atoms with Gasteiger partial charge in [0.05, 0.1) is 11.1 Å². The molecule has 4 nitrogen and oxygen atoms in total. The van der Waals surface area contributed by atoms with Crippen LogP contribution in [0.1, 0.15) is 5.56 Å². The highest BCUT2D eigenvalue weighted by Crippen LogP contribution is 2.28. The zero-order chi connectivity index (χ0) is 14.4. The summed E-state index contributed by atoms with van der Waals surface area (Å²) in [6.45, 7) is 2.12. The van der Waals surface area contributed by atoms with Crippen molar-refractivity contribution in [3.05, 3.63) is 60.7 Å². The van der Waals surface area contributed by atoms with Gasteiger partial charge in [-0.1, -0.05) is 12.1 Å². The van der Waals surface area contributed by atoms with Gasteiger partial charge in [0.1, 0.15) is 7.05 Å². The first-order chi connectivity index (χ1) is 10.2. The molecule has 0 aliphatic carbocycles. The third-order valence-electron chi connectivity index (χ3n) is 3.87. The first-order valence-corrected chi connectivity index (χ1v) is 6.92. The number of aromatic nitrogens is 4. The molecule has 0 amide bonds. The maximum atomic E-state index is 4.75. The van der Waals surface area contributed by atoms with E-state index in [2.05, 4.69) is 60.2 Å². The molecule has 3 heterocycles. The van der Waals surface area contributed by atoms with Crippen LogP contribution in [-0.2, 0) is 7.05 Å². The van der Waals surface area contributed by atoms with Gasteiger partial charge in [0.2, 0.25) is 11.5 Å². The van der Waals surface area contributed by atoms with Gasteiger partial charge in [-0.3, -0.25) is 4.40 Å². The minimum absolute atomic E-state index is 0.730. The van der Waals surface area contributed by atoms with E-state index in [1.807, 2.05) is 16.7 Å². The quantitative estimate of drug-likeness (QED) is 0.500. The third-order valence-corrected chi connectivity index (χ3v) is 3.87. The summed E-state index contributed by atoms with van der Waals surface area (Å²) in [7, 11) is 2.06. The van der Waals surface area contributed by atoms with Crippen LogP contribution in [0.4, 0.5) is 0 Å². The van der Waals surface area contributed by atoms with Crippen LogP contribution in [0.25, 0.3) is 27.9 Å². The fourth-order valence-electron chi connectivity index (χ4n) is 2.78. The molecule has 3 aromatic heterocycles. The van der Waals surface area contributed by atoms with Crippen molar-refractivity contribution in [2.45, 2.75) is 6.92 Å². The Bertz CT molecular complexity index is 969. The topological polar surface area (TPSA) is 34.1 Å². The number of hydrogen-bond donors (Lipinski definition) is 0. The molecular formula is C17H15N4+. The highest BCUT2D eigenvalue weighted by atomic mass is 15.1. The maximum absolute atomic E-state index is 4.75. The van der Waals surface area contributed by atoms with E-state index in [4.69, 9.17) is 4.98 Å². The molecule has 0 atom stereocenters. The molecule has 0 saturated heterocycles. The molecule has 0 aliphatic heterocycles. The summed E-state index contributed by atoms with van der Waals surface area (Å²) in [5.74, 6) is 0.730. The van der Waals surface area contributed by atoms with Gasteiger partial charge in [-0.25, -0.2) is 14.5 Å². The van der Waals surface area contributed by atoms with Gasteiger partial charge in [-0.2, -0.15) is 0 Å². The van der Waals surface area contributed by atoms with Gasteiger partial charge < -0.3 is 0 Å². The zero-order valence-corrected chi connectivity index (χ0v) is 12.0.